The number of rotatable bonds is 2. The Hall–Kier alpha value is -1.40. The Morgan fingerprint density at radius 3 is 2.80 bits per heavy atom. The van der Waals surface area contributed by atoms with Crippen molar-refractivity contribution in [3.05, 3.63) is 12.7 Å². The van der Waals surface area contributed by atoms with Gasteiger partial charge >= 0.3 is 0 Å². The molecule has 0 aliphatic rings. The summed E-state index contributed by atoms with van der Waals surface area (Å²) in [6.45, 7) is 2.54. The van der Waals surface area contributed by atoms with Crippen LogP contribution in [0.1, 0.15) is 13.0 Å². The Kier molecular flexibility index (Phi) is 3.43. The zero-order valence-corrected chi connectivity index (χ0v) is 9.11. The van der Waals surface area contributed by atoms with Gasteiger partial charge in [-0.1, -0.05) is 0 Å². The molecule has 82 valence electrons. The maximum Gasteiger partial charge on any atom is 0.165 e. The molecule has 0 saturated heterocycles. The maximum absolute atomic E-state index is 5.65. The van der Waals surface area contributed by atoms with Crippen molar-refractivity contribution in [3.63, 3.8) is 0 Å². The van der Waals surface area contributed by atoms with Gasteiger partial charge in [-0.15, -0.1) is 12.4 Å². The van der Waals surface area contributed by atoms with Crippen LogP contribution in [0.5, 0.6) is 0 Å². The summed E-state index contributed by atoms with van der Waals surface area (Å²) in [4.78, 5) is 12.1. The van der Waals surface area contributed by atoms with Crippen LogP contribution >= 0.6 is 12.4 Å². The van der Waals surface area contributed by atoms with Crippen LogP contribution in [0.2, 0.25) is 0 Å². The predicted molar refractivity (Wildman–Crippen MR) is 60.7 cm³/mol. The van der Waals surface area contributed by atoms with E-state index in [9.17, 15) is 0 Å². The molecule has 0 aliphatic carbocycles. The Bertz CT molecular complexity index is 453. The normalized spacial score (nSPS) is 12.4. The molecule has 2 aromatic rings. The van der Waals surface area contributed by atoms with Gasteiger partial charge in [-0.05, 0) is 6.92 Å². The third-order valence-electron chi connectivity index (χ3n) is 2.20. The Labute approximate surface area is 93.1 Å². The fourth-order valence-electron chi connectivity index (χ4n) is 1.31. The summed E-state index contributed by atoms with van der Waals surface area (Å²) in [6.07, 6.45) is 3.12. The molecular formula is C8H13ClN6. The minimum Gasteiger partial charge on any atom is -0.382 e. The molecule has 0 saturated carbocycles. The summed E-state index contributed by atoms with van der Waals surface area (Å²) in [6, 6.07) is 0.161. The van der Waals surface area contributed by atoms with Crippen molar-refractivity contribution < 1.29 is 0 Å². The van der Waals surface area contributed by atoms with Crippen molar-refractivity contribution in [3.8, 4) is 0 Å². The van der Waals surface area contributed by atoms with Crippen LogP contribution in [0, 0.1) is 0 Å². The first-order valence-corrected chi connectivity index (χ1v) is 4.37. The predicted octanol–water partition coefficient (Wildman–Crippen LogP) is 0.350. The van der Waals surface area contributed by atoms with Crippen LogP contribution in [0.3, 0.4) is 0 Å². The molecule has 0 radical (unpaired) electrons. The number of halogens is 1. The number of nitrogens with two attached hydrogens (primary N) is 2. The van der Waals surface area contributed by atoms with E-state index in [1.54, 1.807) is 6.33 Å². The van der Waals surface area contributed by atoms with E-state index >= 15 is 0 Å². The molecule has 0 amide bonds. The van der Waals surface area contributed by atoms with Crippen molar-refractivity contribution in [2.24, 2.45) is 5.73 Å². The van der Waals surface area contributed by atoms with Gasteiger partial charge < -0.3 is 16.0 Å². The van der Waals surface area contributed by atoms with Crippen LogP contribution in [-0.4, -0.2) is 26.1 Å². The summed E-state index contributed by atoms with van der Waals surface area (Å²) in [5.41, 5.74) is 12.6. The molecule has 4 N–H and O–H groups in total. The molecule has 2 aromatic heterocycles. The largest absolute Gasteiger partial charge is 0.382 e. The lowest BCUT2D eigenvalue weighted by molar-refractivity contribution is 0.569. The SMILES string of the molecule is CC(CN)n1cnc2c(N)ncnc21.Cl. The first kappa shape index (κ1) is 11.7. The fraction of sp³-hybridized carbons (Fsp3) is 0.375. The Morgan fingerprint density at radius 1 is 1.40 bits per heavy atom. The standard InChI is InChI=1S/C8H12N6.ClH/c1-5(2-9)14-4-13-6-7(10)11-3-12-8(6)14;/h3-5H,2,9H2,1H3,(H2,10,11,12);1H. The second-order valence-electron chi connectivity index (χ2n) is 3.17. The highest BCUT2D eigenvalue weighted by atomic mass is 35.5. The van der Waals surface area contributed by atoms with Crippen LogP contribution in [-0.2, 0) is 0 Å². The molecule has 7 heteroatoms. The second-order valence-corrected chi connectivity index (χ2v) is 3.17. The number of aromatic nitrogens is 4. The van der Waals surface area contributed by atoms with Gasteiger partial charge in [0.1, 0.15) is 11.8 Å². The maximum atomic E-state index is 5.65. The number of hydrogen-bond acceptors (Lipinski definition) is 5. The van der Waals surface area contributed by atoms with Gasteiger partial charge in [0.05, 0.1) is 6.33 Å². The monoisotopic (exact) mass is 228 g/mol. The minimum atomic E-state index is 0. The van der Waals surface area contributed by atoms with Crippen molar-refractivity contribution in [2.45, 2.75) is 13.0 Å². The summed E-state index contributed by atoms with van der Waals surface area (Å²) in [5.74, 6) is 0.401. The average Bonchev–Trinajstić information content (AvgIpc) is 2.62. The van der Waals surface area contributed by atoms with Gasteiger partial charge in [-0.25, -0.2) is 15.0 Å². The van der Waals surface area contributed by atoms with E-state index in [-0.39, 0.29) is 18.4 Å². The van der Waals surface area contributed by atoms with Crippen molar-refractivity contribution in [1.82, 2.24) is 19.5 Å². The summed E-state index contributed by atoms with van der Waals surface area (Å²) < 4.78 is 1.90. The topological polar surface area (TPSA) is 95.6 Å². The molecule has 0 fully saturated rings. The van der Waals surface area contributed by atoms with E-state index in [0.717, 1.165) is 5.65 Å². The smallest absolute Gasteiger partial charge is 0.165 e. The van der Waals surface area contributed by atoms with Crippen LogP contribution < -0.4 is 11.5 Å². The zero-order valence-electron chi connectivity index (χ0n) is 8.29. The van der Waals surface area contributed by atoms with Crippen LogP contribution in [0.15, 0.2) is 12.7 Å². The first-order valence-electron chi connectivity index (χ1n) is 4.37. The highest BCUT2D eigenvalue weighted by Gasteiger charge is 2.10. The zero-order chi connectivity index (χ0) is 10.1. The molecule has 0 bridgehead atoms. The molecule has 15 heavy (non-hydrogen) atoms. The number of hydrogen-bond donors (Lipinski definition) is 2. The molecule has 1 atom stereocenters. The van der Waals surface area contributed by atoms with Gasteiger partial charge in [0.2, 0.25) is 0 Å². The molecule has 6 nitrogen and oxygen atoms in total. The quantitative estimate of drug-likeness (QED) is 0.773. The fourth-order valence-corrected chi connectivity index (χ4v) is 1.31. The number of anilines is 1. The number of nitrogens with zero attached hydrogens (tertiary/aromatic N) is 4. The van der Waals surface area contributed by atoms with Gasteiger partial charge in [0, 0.05) is 12.6 Å². The average molecular weight is 229 g/mol. The van der Waals surface area contributed by atoms with Crippen molar-refractivity contribution >= 4 is 29.4 Å². The number of fused-ring (bicyclic) bond motifs is 1. The molecule has 0 aliphatic heterocycles. The van der Waals surface area contributed by atoms with Gasteiger partial charge in [-0.3, -0.25) is 0 Å². The highest BCUT2D eigenvalue weighted by Crippen LogP contribution is 2.17. The number of imidazole rings is 1. The van der Waals surface area contributed by atoms with Crippen molar-refractivity contribution in [1.29, 1.82) is 0 Å². The number of nitrogen functional groups attached to an aromatic ring is 1. The lowest BCUT2D eigenvalue weighted by Crippen LogP contribution is -2.15. The minimum absolute atomic E-state index is 0. The van der Waals surface area contributed by atoms with E-state index in [1.165, 1.54) is 6.33 Å². The molecule has 0 spiro atoms. The van der Waals surface area contributed by atoms with Gasteiger partial charge in [0.15, 0.2) is 11.5 Å². The molecule has 1 unspecified atom stereocenters. The van der Waals surface area contributed by atoms with E-state index < -0.39 is 0 Å². The second kappa shape index (κ2) is 4.41. The summed E-state index contributed by atoms with van der Waals surface area (Å²) in [7, 11) is 0. The molecule has 2 rings (SSSR count). The van der Waals surface area contributed by atoms with Gasteiger partial charge in [0.25, 0.3) is 0 Å². The molecular weight excluding hydrogens is 216 g/mol. The first-order chi connectivity index (χ1) is 6.74. The van der Waals surface area contributed by atoms with E-state index in [4.69, 9.17) is 11.5 Å². The third-order valence-corrected chi connectivity index (χ3v) is 2.20. The van der Waals surface area contributed by atoms with E-state index in [2.05, 4.69) is 15.0 Å². The van der Waals surface area contributed by atoms with E-state index in [0.29, 0.717) is 17.9 Å². The lowest BCUT2D eigenvalue weighted by atomic mass is 10.3. The third kappa shape index (κ3) is 1.86. The lowest BCUT2D eigenvalue weighted by Gasteiger charge is -2.10. The van der Waals surface area contributed by atoms with Crippen LogP contribution in [0.25, 0.3) is 11.2 Å². The molecule has 2 heterocycles. The van der Waals surface area contributed by atoms with Crippen molar-refractivity contribution in [2.75, 3.05) is 12.3 Å². The van der Waals surface area contributed by atoms with Crippen LogP contribution in [0.4, 0.5) is 5.82 Å². The molecule has 0 aromatic carbocycles. The van der Waals surface area contributed by atoms with Gasteiger partial charge in [-0.2, -0.15) is 0 Å². The van der Waals surface area contributed by atoms with E-state index in [1.807, 2.05) is 11.5 Å². The highest BCUT2D eigenvalue weighted by molar-refractivity contribution is 5.85. The summed E-state index contributed by atoms with van der Waals surface area (Å²) in [5, 5.41) is 0. The Morgan fingerprint density at radius 2 is 2.13 bits per heavy atom. The Balaban J connectivity index is 0.00000112. The summed E-state index contributed by atoms with van der Waals surface area (Å²) >= 11 is 0.